The number of anilines is 2. The van der Waals surface area contributed by atoms with Crippen molar-refractivity contribution in [1.82, 2.24) is 10.6 Å². The van der Waals surface area contributed by atoms with Gasteiger partial charge in [-0.05, 0) is 54.3 Å². The van der Waals surface area contributed by atoms with Crippen LogP contribution < -0.4 is 40.2 Å². The molecule has 0 aromatic heterocycles. The van der Waals surface area contributed by atoms with E-state index < -0.39 is 42.5 Å². The first kappa shape index (κ1) is 32.5. The minimum atomic E-state index is -1.11. The van der Waals surface area contributed by atoms with Gasteiger partial charge in [0.05, 0.1) is 25.3 Å². The number of methoxy groups -OCH3 is 1. The highest BCUT2D eigenvalue weighted by molar-refractivity contribution is 6.00. The summed E-state index contributed by atoms with van der Waals surface area (Å²) in [6.07, 6.45) is -0.0742. The predicted molar refractivity (Wildman–Crippen MR) is 165 cm³/mol. The summed E-state index contributed by atoms with van der Waals surface area (Å²) in [5.41, 5.74) is 1.53. The zero-order valence-corrected chi connectivity index (χ0v) is 25.1. The summed E-state index contributed by atoms with van der Waals surface area (Å²) in [7, 11) is 1.43. The van der Waals surface area contributed by atoms with E-state index >= 15 is 0 Å². The van der Waals surface area contributed by atoms with Gasteiger partial charge in [-0.1, -0.05) is 38.1 Å². The summed E-state index contributed by atoms with van der Waals surface area (Å²) in [6, 6.07) is 16.3. The quantitative estimate of drug-likeness (QED) is 0.176. The van der Waals surface area contributed by atoms with Crippen LogP contribution in [0.4, 0.5) is 16.2 Å². The number of hydrogen-bond donors (Lipinski definition) is 5. The van der Waals surface area contributed by atoms with Crippen LogP contribution in [0.5, 0.6) is 23.0 Å². The maximum atomic E-state index is 13.3. The number of rotatable bonds is 14. The molecule has 2 unspecified atom stereocenters. The fraction of sp³-hybridized carbons (Fsp3) is 0.312. The molecule has 2 atom stereocenters. The van der Waals surface area contributed by atoms with Gasteiger partial charge in [-0.3, -0.25) is 14.4 Å². The van der Waals surface area contributed by atoms with Crippen molar-refractivity contribution in [2.75, 3.05) is 31.1 Å². The fourth-order valence-electron chi connectivity index (χ4n) is 4.59. The van der Waals surface area contributed by atoms with Gasteiger partial charge < -0.3 is 45.3 Å². The van der Waals surface area contributed by atoms with Crippen molar-refractivity contribution in [3.63, 3.8) is 0 Å². The van der Waals surface area contributed by atoms with Crippen LogP contribution >= 0.6 is 0 Å². The molecule has 45 heavy (non-hydrogen) atoms. The Hall–Kier alpha value is -5.46. The van der Waals surface area contributed by atoms with Crippen molar-refractivity contribution < 1.29 is 43.2 Å². The van der Waals surface area contributed by atoms with Crippen molar-refractivity contribution in [2.24, 2.45) is 5.92 Å². The normalized spacial score (nSPS) is 12.9. The predicted octanol–water partition coefficient (Wildman–Crippen LogP) is 4.31. The lowest BCUT2D eigenvalue weighted by molar-refractivity contribution is -0.138. The van der Waals surface area contributed by atoms with Gasteiger partial charge >= 0.3 is 12.0 Å². The maximum absolute atomic E-state index is 13.3. The highest BCUT2D eigenvalue weighted by Gasteiger charge is 2.27. The van der Waals surface area contributed by atoms with Gasteiger partial charge in [-0.2, -0.15) is 0 Å². The van der Waals surface area contributed by atoms with Crippen LogP contribution in [0.15, 0.2) is 66.7 Å². The number of carbonyl (C=O) groups is 4. The van der Waals surface area contributed by atoms with Crippen LogP contribution in [-0.4, -0.2) is 55.5 Å². The molecule has 0 saturated carbocycles. The summed E-state index contributed by atoms with van der Waals surface area (Å²) in [4.78, 5) is 50.2. The van der Waals surface area contributed by atoms with E-state index in [4.69, 9.17) is 18.9 Å². The van der Waals surface area contributed by atoms with Crippen LogP contribution in [0.1, 0.15) is 38.3 Å². The average molecular weight is 621 g/mol. The molecule has 0 spiro atoms. The number of ether oxygens (including phenoxy) is 4. The Morgan fingerprint density at radius 2 is 1.67 bits per heavy atom. The molecule has 0 radical (unpaired) electrons. The Labute approximate surface area is 260 Å². The van der Waals surface area contributed by atoms with E-state index in [1.807, 2.05) is 19.9 Å². The Balaban J connectivity index is 1.36. The molecule has 238 valence electrons. The number of fused-ring (bicyclic) bond motifs is 1. The van der Waals surface area contributed by atoms with Crippen molar-refractivity contribution in [2.45, 2.75) is 38.8 Å². The number of nitrogens with one attached hydrogen (secondary N) is 4. The van der Waals surface area contributed by atoms with Gasteiger partial charge in [0, 0.05) is 11.8 Å². The number of carbonyl (C=O) groups excluding carboxylic acids is 3. The molecule has 3 aromatic rings. The zero-order valence-electron chi connectivity index (χ0n) is 25.1. The number of para-hydroxylation sites is 1. The van der Waals surface area contributed by atoms with Crippen molar-refractivity contribution in [1.29, 1.82) is 0 Å². The lowest BCUT2D eigenvalue weighted by atomic mass is 10.00. The monoisotopic (exact) mass is 620 g/mol. The highest BCUT2D eigenvalue weighted by Crippen LogP contribution is 2.35. The lowest BCUT2D eigenvalue weighted by Gasteiger charge is -2.24. The Kier molecular flexibility index (Phi) is 11.0. The Morgan fingerprint density at radius 3 is 2.38 bits per heavy atom. The van der Waals surface area contributed by atoms with E-state index in [9.17, 15) is 24.3 Å². The first-order valence-corrected chi connectivity index (χ1v) is 14.3. The number of carboxylic acid groups (broad SMARTS) is 1. The van der Waals surface area contributed by atoms with Gasteiger partial charge in [0.1, 0.15) is 17.5 Å². The number of amides is 4. The molecule has 4 rings (SSSR count). The molecular weight excluding hydrogens is 584 g/mol. The van der Waals surface area contributed by atoms with E-state index in [1.54, 1.807) is 54.6 Å². The molecule has 0 fully saturated rings. The largest absolute Gasteiger partial charge is 0.494 e. The van der Waals surface area contributed by atoms with E-state index in [1.165, 1.54) is 13.2 Å². The molecule has 1 aliphatic rings. The van der Waals surface area contributed by atoms with Crippen molar-refractivity contribution >= 4 is 35.2 Å². The number of aliphatic carboxylic acids is 1. The highest BCUT2D eigenvalue weighted by atomic mass is 16.7. The van der Waals surface area contributed by atoms with Gasteiger partial charge in [0.15, 0.2) is 18.1 Å². The minimum absolute atomic E-state index is 0.0360. The molecular formula is C32H36N4O9. The Bertz CT molecular complexity index is 1510. The minimum Gasteiger partial charge on any atom is -0.494 e. The third-order valence-corrected chi connectivity index (χ3v) is 6.68. The van der Waals surface area contributed by atoms with E-state index in [0.29, 0.717) is 46.4 Å². The molecule has 0 saturated heterocycles. The molecule has 0 aliphatic carbocycles. The summed E-state index contributed by atoms with van der Waals surface area (Å²) in [5.74, 6) is -0.577. The lowest BCUT2D eigenvalue weighted by Crippen LogP contribution is -2.49. The average Bonchev–Trinajstić information content (AvgIpc) is 3.48. The molecule has 1 heterocycles. The standard InChI is InChI=1S/C32H36N4O9/c1-19(2)13-25(31(40)35-24(16-30(38)39)20-9-12-26-28(14-20)45-18-44-26)34-29(37)17-43-22-10-11-23(27(15-22)42-3)36-32(41)33-21-7-5-4-6-8-21/h4-12,14-15,19,24-25H,13,16-18H2,1-3H3,(H,34,37)(H,35,40)(H,38,39)(H2,33,36,41). The number of urea groups is 1. The van der Waals surface area contributed by atoms with E-state index in [2.05, 4.69) is 21.3 Å². The van der Waals surface area contributed by atoms with Gasteiger partial charge in [0.2, 0.25) is 12.7 Å². The smallest absolute Gasteiger partial charge is 0.323 e. The van der Waals surface area contributed by atoms with Crippen molar-refractivity contribution in [3.8, 4) is 23.0 Å². The van der Waals surface area contributed by atoms with Gasteiger partial charge in [-0.15, -0.1) is 0 Å². The summed E-state index contributed by atoms with van der Waals surface area (Å²) < 4.78 is 21.7. The van der Waals surface area contributed by atoms with Crippen LogP contribution in [0.2, 0.25) is 0 Å². The second-order valence-corrected chi connectivity index (χ2v) is 10.6. The molecule has 4 amide bonds. The fourth-order valence-corrected chi connectivity index (χ4v) is 4.59. The summed E-state index contributed by atoms with van der Waals surface area (Å²) in [6.45, 7) is 3.45. The molecule has 13 nitrogen and oxygen atoms in total. The first-order chi connectivity index (χ1) is 21.6. The Morgan fingerprint density at radius 1 is 0.911 bits per heavy atom. The second kappa shape index (κ2) is 15.3. The topological polar surface area (TPSA) is 174 Å². The summed E-state index contributed by atoms with van der Waals surface area (Å²) in [5, 5.41) is 20.4. The van der Waals surface area contributed by atoms with Gasteiger partial charge in [-0.25, -0.2) is 4.79 Å². The van der Waals surface area contributed by atoms with Crippen LogP contribution in [-0.2, 0) is 14.4 Å². The van der Waals surface area contributed by atoms with Crippen LogP contribution in [0, 0.1) is 5.92 Å². The van der Waals surface area contributed by atoms with E-state index in [-0.39, 0.29) is 19.1 Å². The molecule has 13 heteroatoms. The number of benzene rings is 3. The number of hydrogen-bond acceptors (Lipinski definition) is 8. The van der Waals surface area contributed by atoms with E-state index in [0.717, 1.165) is 0 Å². The number of carboxylic acids is 1. The molecule has 1 aliphatic heterocycles. The maximum Gasteiger partial charge on any atom is 0.323 e. The SMILES string of the molecule is COc1cc(OCC(=O)NC(CC(C)C)C(=O)NC(CC(=O)O)c2ccc3c(c2)OCO3)ccc1NC(=O)Nc1ccccc1. The first-order valence-electron chi connectivity index (χ1n) is 14.3. The summed E-state index contributed by atoms with van der Waals surface area (Å²) >= 11 is 0. The molecule has 3 aromatic carbocycles. The molecule has 0 bridgehead atoms. The third-order valence-electron chi connectivity index (χ3n) is 6.68. The third kappa shape index (κ3) is 9.51. The van der Waals surface area contributed by atoms with Gasteiger partial charge in [0.25, 0.3) is 5.91 Å². The van der Waals surface area contributed by atoms with Crippen molar-refractivity contribution in [3.05, 3.63) is 72.3 Å². The molecule has 5 N–H and O–H groups in total. The zero-order chi connectivity index (χ0) is 32.3. The van der Waals surface area contributed by atoms with Crippen LogP contribution in [0.3, 0.4) is 0 Å². The van der Waals surface area contributed by atoms with Crippen LogP contribution in [0.25, 0.3) is 0 Å². The second-order valence-electron chi connectivity index (χ2n) is 10.6.